The molecule has 1 aromatic heterocycles. The fourth-order valence-corrected chi connectivity index (χ4v) is 4.37. The molecule has 0 spiro atoms. The molecular formula is C26H29ClN4O3. The van der Waals surface area contributed by atoms with Gasteiger partial charge in [-0.1, -0.05) is 35.9 Å². The normalized spacial score (nSPS) is 15.4. The molecule has 1 saturated heterocycles. The maximum absolute atomic E-state index is 13.2. The molecular weight excluding hydrogens is 452 g/mol. The molecule has 1 aliphatic rings. The Morgan fingerprint density at radius 3 is 2.74 bits per heavy atom. The lowest BCUT2D eigenvalue weighted by Crippen LogP contribution is -2.28. The standard InChI is InChI=1S/C26H29ClN4O3/c1-17-22(18(2)31(29-17)15-20-8-4-5-11-23(20)27)16-30(3)26(33)19-9-6-10-21(14-19)28-25(32)24-12-7-13-34-24/h4-6,8-11,14,24H,7,12-13,15-16H2,1-3H3,(H,28,32)/t24-/m1/s1. The van der Waals surface area contributed by atoms with Crippen molar-refractivity contribution in [1.82, 2.24) is 14.7 Å². The SMILES string of the molecule is Cc1nn(Cc2ccccc2Cl)c(C)c1CN(C)C(=O)c1cccc(NC(=O)[C@H]2CCCO2)c1. The second-order valence-electron chi connectivity index (χ2n) is 8.63. The maximum atomic E-state index is 13.2. The highest BCUT2D eigenvalue weighted by Crippen LogP contribution is 2.22. The van der Waals surface area contributed by atoms with Crippen molar-refractivity contribution in [3.63, 3.8) is 0 Å². The Morgan fingerprint density at radius 1 is 1.21 bits per heavy atom. The zero-order valence-corrected chi connectivity index (χ0v) is 20.4. The summed E-state index contributed by atoms with van der Waals surface area (Å²) in [5.74, 6) is -0.307. The van der Waals surface area contributed by atoms with Gasteiger partial charge in [0.1, 0.15) is 6.10 Å². The minimum absolute atomic E-state index is 0.133. The summed E-state index contributed by atoms with van der Waals surface area (Å²) in [7, 11) is 1.77. The van der Waals surface area contributed by atoms with Gasteiger partial charge < -0.3 is 15.0 Å². The van der Waals surface area contributed by atoms with E-state index in [0.717, 1.165) is 35.4 Å². The smallest absolute Gasteiger partial charge is 0.253 e. The van der Waals surface area contributed by atoms with E-state index in [9.17, 15) is 9.59 Å². The van der Waals surface area contributed by atoms with E-state index in [-0.39, 0.29) is 11.8 Å². The third-order valence-corrected chi connectivity index (χ3v) is 6.52. The number of rotatable bonds is 7. The lowest BCUT2D eigenvalue weighted by atomic mass is 10.1. The van der Waals surface area contributed by atoms with Crippen LogP contribution >= 0.6 is 11.6 Å². The van der Waals surface area contributed by atoms with Crippen molar-refractivity contribution < 1.29 is 14.3 Å². The van der Waals surface area contributed by atoms with Crippen LogP contribution in [0.4, 0.5) is 5.69 Å². The van der Waals surface area contributed by atoms with Gasteiger partial charge in [0.15, 0.2) is 0 Å². The third-order valence-electron chi connectivity index (χ3n) is 6.15. The molecule has 0 bridgehead atoms. The molecule has 0 unspecified atom stereocenters. The number of hydrogen-bond acceptors (Lipinski definition) is 4. The number of carbonyl (C=O) groups excluding carboxylic acids is 2. The Morgan fingerprint density at radius 2 is 2.00 bits per heavy atom. The first-order chi connectivity index (χ1) is 16.3. The molecule has 8 heteroatoms. The van der Waals surface area contributed by atoms with Gasteiger partial charge in [-0.15, -0.1) is 0 Å². The van der Waals surface area contributed by atoms with Crippen molar-refractivity contribution in [3.05, 3.63) is 81.6 Å². The molecule has 1 fully saturated rings. The second-order valence-corrected chi connectivity index (χ2v) is 9.04. The molecule has 1 atom stereocenters. The Labute approximate surface area is 204 Å². The highest BCUT2D eigenvalue weighted by molar-refractivity contribution is 6.31. The van der Waals surface area contributed by atoms with Gasteiger partial charge >= 0.3 is 0 Å². The molecule has 2 aromatic carbocycles. The fourth-order valence-electron chi connectivity index (χ4n) is 4.17. The number of carbonyl (C=O) groups is 2. The molecule has 4 rings (SSSR count). The van der Waals surface area contributed by atoms with Crippen molar-refractivity contribution in [1.29, 1.82) is 0 Å². The van der Waals surface area contributed by atoms with Crippen molar-refractivity contribution in [2.45, 2.75) is 45.9 Å². The van der Waals surface area contributed by atoms with Crippen LogP contribution in [-0.4, -0.2) is 46.3 Å². The van der Waals surface area contributed by atoms with Gasteiger partial charge in [0.2, 0.25) is 0 Å². The molecule has 178 valence electrons. The lowest BCUT2D eigenvalue weighted by Gasteiger charge is -2.18. The van der Waals surface area contributed by atoms with Crippen LogP contribution in [0.15, 0.2) is 48.5 Å². The highest BCUT2D eigenvalue weighted by atomic mass is 35.5. The van der Waals surface area contributed by atoms with Crippen molar-refractivity contribution in [2.75, 3.05) is 19.0 Å². The first kappa shape index (κ1) is 24.0. The number of benzene rings is 2. The maximum Gasteiger partial charge on any atom is 0.253 e. The van der Waals surface area contributed by atoms with Crippen LogP contribution in [0.5, 0.6) is 0 Å². The molecule has 7 nitrogen and oxygen atoms in total. The minimum atomic E-state index is -0.421. The summed E-state index contributed by atoms with van der Waals surface area (Å²) >= 11 is 6.32. The van der Waals surface area contributed by atoms with Crippen LogP contribution in [0.3, 0.4) is 0 Å². The van der Waals surface area contributed by atoms with Gasteiger partial charge in [-0.2, -0.15) is 5.10 Å². The summed E-state index contributed by atoms with van der Waals surface area (Å²) in [4.78, 5) is 27.2. The molecule has 3 aromatic rings. The van der Waals surface area contributed by atoms with Crippen molar-refractivity contribution in [3.8, 4) is 0 Å². The van der Waals surface area contributed by atoms with E-state index in [1.807, 2.05) is 42.8 Å². The Kier molecular flexibility index (Phi) is 7.34. The predicted octanol–water partition coefficient (Wildman–Crippen LogP) is 4.59. The second kappa shape index (κ2) is 10.4. The summed E-state index contributed by atoms with van der Waals surface area (Å²) in [6.07, 6.45) is 1.18. The summed E-state index contributed by atoms with van der Waals surface area (Å²) in [6, 6.07) is 14.7. The van der Waals surface area contributed by atoms with Gasteiger partial charge in [0.05, 0.1) is 12.2 Å². The number of amides is 2. The lowest BCUT2D eigenvalue weighted by molar-refractivity contribution is -0.124. The van der Waals surface area contributed by atoms with Crippen LogP contribution in [0.2, 0.25) is 5.02 Å². The average molecular weight is 481 g/mol. The van der Waals surface area contributed by atoms with E-state index < -0.39 is 6.10 Å². The summed E-state index contributed by atoms with van der Waals surface area (Å²) in [5, 5.41) is 8.24. The molecule has 1 aliphatic heterocycles. The molecule has 0 saturated carbocycles. The predicted molar refractivity (Wildman–Crippen MR) is 132 cm³/mol. The molecule has 2 heterocycles. The Balaban J connectivity index is 1.45. The quantitative estimate of drug-likeness (QED) is 0.536. The van der Waals surface area contributed by atoms with Crippen molar-refractivity contribution in [2.24, 2.45) is 0 Å². The van der Waals surface area contributed by atoms with E-state index in [1.165, 1.54) is 0 Å². The monoisotopic (exact) mass is 480 g/mol. The number of anilines is 1. The van der Waals surface area contributed by atoms with Gasteiger partial charge in [0, 0.05) is 47.7 Å². The number of nitrogens with one attached hydrogen (secondary N) is 1. The zero-order chi connectivity index (χ0) is 24.2. The first-order valence-electron chi connectivity index (χ1n) is 11.4. The topological polar surface area (TPSA) is 76.5 Å². The van der Waals surface area contributed by atoms with E-state index in [0.29, 0.717) is 36.0 Å². The molecule has 0 aliphatic carbocycles. The number of ether oxygens (including phenoxy) is 1. The molecule has 1 N–H and O–H groups in total. The van der Waals surface area contributed by atoms with E-state index in [2.05, 4.69) is 10.4 Å². The number of halogens is 1. The molecule has 0 radical (unpaired) electrons. The first-order valence-corrected chi connectivity index (χ1v) is 11.8. The molecule has 2 amide bonds. The van der Waals surface area contributed by atoms with E-state index in [1.54, 1.807) is 36.2 Å². The number of aromatic nitrogens is 2. The zero-order valence-electron chi connectivity index (χ0n) is 19.7. The Bertz CT molecular complexity index is 1200. The Hall–Kier alpha value is -3.16. The van der Waals surface area contributed by atoms with Crippen LogP contribution in [0.25, 0.3) is 0 Å². The molecule has 34 heavy (non-hydrogen) atoms. The average Bonchev–Trinajstić information content (AvgIpc) is 3.45. The van der Waals surface area contributed by atoms with Gasteiger partial charge in [0.25, 0.3) is 11.8 Å². The van der Waals surface area contributed by atoms with E-state index >= 15 is 0 Å². The number of hydrogen-bond donors (Lipinski definition) is 1. The summed E-state index contributed by atoms with van der Waals surface area (Å²) in [6.45, 7) is 5.55. The van der Waals surface area contributed by atoms with Crippen LogP contribution in [0, 0.1) is 13.8 Å². The summed E-state index contributed by atoms with van der Waals surface area (Å²) < 4.78 is 7.36. The van der Waals surface area contributed by atoms with Gasteiger partial charge in [-0.3, -0.25) is 14.3 Å². The highest BCUT2D eigenvalue weighted by Gasteiger charge is 2.24. The third kappa shape index (κ3) is 5.32. The largest absolute Gasteiger partial charge is 0.368 e. The number of aryl methyl sites for hydroxylation is 1. The summed E-state index contributed by atoms with van der Waals surface area (Å²) in [5.41, 5.74) is 4.96. The van der Waals surface area contributed by atoms with Crippen LogP contribution < -0.4 is 5.32 Å². The number of nitrogens with zero attached hydrogens (tertiary/aromatic N) is 3. The van der Waals surface area contributed by atoms with E-state index in [4.69, 9.17) is 16.3 Å². The van der Waals surface area contributed by atoms with Gasteiger partial charge in [-0.05, 0) is 56.5 Å². The minimum Gasteiger partial charge on any atom is -0.368 e. The van der Waals surface area contributed by atoms with Crippen molar-refractivity contribution >= 4 is 29.1 Å². The fraction of sp³-hybridized carbons (Fsp3) is 0.346. The van der Waals surface area contributed by atoms with Gasteiger partial charge in [-0.25, -0.2) is 0 Å². The van der Waals surface area contributed by atoms with Crippen LogP contribution in [-0.2, 0) is 22.6 Å². The van der Waals surface area contributed by atoms with Crippen LogP contribution in [0.1, 0.15) is 45.7 Å².